The summed E-state index contributed by atoms with van der Waals surface area (Å²) < 4.78 is 45.3. The fourth-order valence-electron chi connectivity index (χ4n) is 1.96. The number of rotatable bonds is 3. The highest BCUT2D eigenvalue weighted by molar-refractivity contribution is 7.92. The van der Waals surface area contributed by atoms with Crippen LogP contribution in [0.3, 0.4) is 0 Å². The van der Waals surface area contributed by atoms with Gasteiger partial charge in [0, 0.05) is 6.92 Å². The molecule has 7 heteroatoms. The summed E-state index contributed by atoms with van der Waals surface area (Å²) in [6, 6.07) is 9.60. The zero-order valence-electron chi connectivity index (χ0n) is 11.0. The number of sulfonamides is 1. The number of oxazole rings is 1. The molecule has 5 nitrogen and oxygen atoms in total. The van der Waals surface area contributed by atoms with Crippen LogP contribution in [0.1, 0.15) is 5.89 Å². The number of aryl methyl sites for hydroxylation is 1. The first-order chi connectivity index (χ1) is 9.94. The van der Waals surface area contributed by atoms with Crippen LogP contribution in [0.15, 0.2) is 51.8 Å². The Morgan fingerprint density at radius 1 is 1.19 bits per heavy atom. The normalized spacial score (nSPS) is 11.7. The molecular weight excluding hydrogens is 295 g/mol. The number of hydrogen-bond donors (Lipinski definition) is 1. The van der Waals surface area contributed by atoms with Crippen molar-refractivity contribution >= 4 is 26.8 Å². The molecule has 0 saturated carbocycles. The van der Waals surface area contributed by atoms with Crippen molar-refractivity contribution < 1.29 is 17.2 Å². The highest BCUT2D eigenvalue weighted by Crippen LogP contribution is 2.22. The minimum absolute atomic E-state index is 0.0348. The molecule has 2 aromatic carbocycles. The van der Waals surface area contributed by atoms with Crippen LogP contribution in [0, 0.1) is 12.7 Å². The second-order valence-corrected chi connectivity index (χ2v) is 6.16. The van der Waals surface area contributed by atoms with E-state index in [0.717, 1.165) is 6.07 Å². The average Bonchev–Trinajstić information content (AvgIpc) is 2.77. The molecule has 21 heavy (non-hydrogen) atoms. The van der Waals surface area contributed by atoms with E-state index < -0.39 is 15.8 Å². The van der Waals surface area contributed by atoms with Crippen molar-refractivity contribution in [1.82, 2.24) is 4.98 Å². The molecule has 108 valence electrons. The van der Waals surface area contributed by atoms with E-state index in [0.29, 0.717) is 17.0 Å². The van der Waals surface area contributed by atoms with E-state index in [4.69, 9.17) is 4.42 Å². The number of nitrogens with zero attached hydrogens (tertiary/aromatic N) is 1. The topological polar surface area (TPSA) is 72.2 Å². The van der Waals surface area contributed by atoms with E-state index in [1.165, 1.54) is 36.4 Å². The molecule has 1 N–H and O–H groups in total. The fraction of sp³-hybridized carbons (Fsp3) is 0.0714. The summed E-state index contributed by atoms with van der Waals surface area (Å²) >= 11 is 0. The predicted molar refractivity (Wildman–Crippen MR) is 76.0 cm³/mol. The number of nitrogens with one attached hydrogen (secondary N) is 1. The molecule has 1 heterocycles. The third kappa shape index (κ3) is 2.73. The molecule has 0 aliphatic rings. The van der Waals surface area contributed by atoms with Gasteiger partial charge in [0.1, 0.15) is 11.3 Å². The molecule has 0 atom stereocenters. The Balaban J connectivity index is 1.99. The number of hydrogen-bond acceptors (Lipinski definition) is 4. The molecule has 0 aliphatic heterocycles. The first-order valence-corrected chi connectivity index (χ1v) is 7.58. The van der Waals surface area contributed by atoms with Crippen LogP contribution in [0.4, 0.5) is 10.1 Å². The molecule has 0 bridgehead atoms. The number of anilines is 1. The minimum Gasteiger partial charge on any atom is -0.441 e. The van der Waals surface area contributed by atoms with Gasteiger partial charge in [-0.15, -0.1) is 0 Å². The molecule has 0 radical (unpaired) electrons. The van der Waals surface area contributed by atoms with Gasteiger partial charge < -0.3 is 4.42 Å². The summed E-state index contributed by atoms with van der Waals surface area (Å²) in [4.78, 5) is 4.12. The lowest BCUT2D eigenvalue weighted by molar-refractivity contribution is 0.561. The fourth-order valence-corrected chi connectivity index (χ4v) is 3.02. The summed E-state index contributed by atoms with van der Waals surface area (Å²) in [5.74, 6) is -0.0598. The summed E-state index contributed by atoms with van der Waals surface area (Å²) in [6.45, 7) is 1.68. The van der Waals surface area contributed by atoms with E-state index in [9.17, 15) is 12.8 Å². The lowest BCUT2D eigenvalue weighted by Gasteiger charge is -2.07. The molecule has 3 aromatic rings. The van der Waals surface area contributed by atoms with E-state index in [2.05, 4.69) is 9.71 Å². The number of fused-ring (bicyclic) bond motifs is 1. The van der Waals surface area contributed by atoms with Crippen molar-refractivity contribution in [2.45, 2.75) is 11.8 Å². The molecule has 0 amide bonds. The first-order valence-electron chi connectivity index (χ1n) is 6.10. The van der Waals surface area contributed by atoms with Gasteiger partial charge in [0.2, 0.25) is 0 Å². The van der Waals surface area contributed by atoms with Gasteiger partial charge in [-0.25, -0.2) is 17.8 Å². The second-order valence-electron chi connectivity index (χ2n) is 4.48. The monoisotopic (exact) mass is 306 g/mol. The number of benzene rings is 2. The maximum atomic E-state index is 13.1. The minimum atomic E-state index is -3.81. The molecule has 3 rings (SSSR count). The molecule has 0 spiro atoms. The summed E-state index contributed by atoms with van der Waals surface area (Å²) in [6.07, 6.45) is 0. The van der Waals surface area contributed by atoms with Crippen LogP contribution in [0.2, 0.25) is 0 Å². The van der Waals surface area contributed by atoms with Gasteiger partial charge in [0.25, 0.3) is 10.0 Å². The summed E-state index contributed by atoms with van der Waals surface area (Å²) in [5, 5.41) is 0. The van der Waals surface area contributed by atoms with Gasteiger partial charge in [0.05, 0.1) is 10.6 Å². The van der Waals surface area contributed by atoms with Crippen molar-refractivity contribution in [3.8, 4) is 0 Å². The van der Waals surface area contributed by atoms with Crippen molar-refractivity contribution in [1.29, 1.82) is 0 Å². The Labute approximate surface area is 120 Å². The zero-order chi connectivity index (χ0) is 15.0. The zero-order valence-corrected chi connectivity index (χ0v) is 11.8. The Morgan fingerprint density at radius 3 is 2.76 bits per heavy atom. The van der Waals surface area contributed by atoms with E-state index >= 15 is 0 Å². The van der Waals surface area contributed by atoms with Crippen LogP contribution in [-0.4, -0.2) is 13.4 Å². The Bertz CT molecular complexity index is 919. The van der Waals surface area contributed by atoms with Gasteiger partial charge in [-0.1, -0.05) is 6.07 Å². The van der Waals surface area contributed by atoms with Crippen molar-refractivity contribution in [2.24, 2.45) is 0 Å². The summed E-state index contributed by atoms with van der Waals surface area (Å²) in [5.41, 5.74) is 1.12. The number of halogens is 1. The maximum Gasteiger partial charge on any atom is 0.261 e. The van der Waals surface area contributed by atoms with Gasteiger partial charge in [-0.3, -0.25) is 4.72 Å². The Hall–Kier alpha value is -2.41. The number of aromatic nitrogens is 1. The molecule has 1 aromatic heterocycles. The van der Waals surface area contributed by atoms with E-state index in [1.54, 1.807) is 6.92 Å². The molecule has 0 unspecified atom stereocenters. The molecule has 0 fully saturated rings. The summed E-state index contributed by atoms with van der Waals surface area (Å²) in [7, 11) is -3.81. The Morgan fingerprint density at radius 2 is 2.00 bits per heavy atom. The van der Waals surface area contributed by atoms with Crippen molar-refractivity contribution in [3.63, 3.8) is 0 Å². The van der Waals surface area contributed by atoms with Crippen LogP contribution >= 0.6 is 0 Å². The molecule has 0 aliphatic carbocycles. The Kier molecular flexibility index (Phi) is 3.13. The molecule has 0 saturated heterocycles. The van der Waals surface area contributed by atoms with Crippen LogP contribution < -0.4 is 4.72 Å². The second kappa shape index (κ2) is 4.85. The average molecular weight is 306 g/mol. The van der Waals surface area contributed by atoms with Gasteiger partial charge in [0.15, 0.2) is 11.5 Å². The maximum absolute atomic E-state index is 13.1. The highest BCUT2D eigenvalue weighted by Gasteiger charge is 2.16. The highest BCUT2D eigenvalue weighted by atomic mass is 32.2. The van der Waals surface area contributed by atoms with E-state index in [-0.39, 0.29) is 10.6 Å². The quantitative estimate of drug-likeness (QED) is 0.807. The molecular formula is C14H11FN2O3S. The van der Waals surface area contributed by atoms with Gasteiger partial charge >= 0.3 is 0 Å². The standard InChI is InChI=1S/C14H11FN2O3S/c1-9-16-13-8-12(5-6-14(13)20-9)21(18,19)17-11-4-2-3-10(15)7-11/h2-8,17H,1H3. The van der Waals surface area contributed by atoms with Crippen molar-refractivity contribution in [2.75, 3.05) is 4.72 Å². The smallest absolute Gasteiger partial charge is 0.261 e. The van der Waals surface area contributed by atoms with Gasteiger partial charge in [-0.05, 0) is 36.4 Å². The SMILES string of the molecule is Cc1nc2cc(S(=O)(=O)Nc3cccc(F)c3)ccc2o1. The van der Waals surface area contributed by atoms with E-state index in [1.807, 2.05) is 0 Å². The third-order valence-electron chi connectivity index (χ3n) is 2.85. The third-order valence-corrected chi connectivity index (χ3v) is 4.23. The predicted octanol–water partition coefficient (Wildman–Crippen LogP) is 3.08. The van der Waals surface area contributed by atoms with Crippen molar-refractivity contribution in [3.05, 3.63) is 54.2 Å². The van der Waals surface area contributed by atoms with Crippen LogP contribution in [-0.2, 0) is 10.0 Å². The van der Waals surface area contributed by atoms with Crippen LogP contribution in [0.5, 0.6) is 0 Å². The van der Waals surface area contributed by atoms with Gasteiger partial charge in [-0.2, -0.15) is 0 Å². The first kappa shape index (κ1) is 13.6. The largest absolute Gasteiger partial charge is 0.441 e. The van der Waals surface area contributed by atoms with Crippen LogP contribution in [0.25, 0.3) is 11.1 Å². The lowest BCUT2D eigenvalue weighted by Crippen LogP contribution is -2.12. The lowest BCUT2D eigenvalue weighted by atomic mass is 10.3.